The van der Waals surface area contributed by atoms with Crippen molar-refractivity contribution >= 4 is 30.6 Å². The summed E-state index contributed by atoms with van der Waals surface area (Å²) in [5.74, 6) is -2.22. The molecule has 0 saturated carbocycles. The first kappa shape index (κ1) is 26.8. The van der Waals surface area contributed by atoms with E-state index >= 15 is 0 Å². The molecule has 180 valence electrons. The van der Waals surface area contributed by atoms with Gasteiger partial charge in [0.25, 0.3) is 8.32 Å². The first-order valence-corrected chi connectivity index (χ1v) is 13.6. The van der Waals surface area contributed by atoms with Crippen molar-refractivity contribution in [3.05, 3.63) is 60.7 Å². The van der Waals surface area contributed by atoms with Crippen LogP contribution in [-0.2, 0) is 14.3 Å². The van der Waals surface area contributed by atoms with Gasteiger partial charge in [0, 0.05) is 0 Å². The van der Waals surface area contributed by atoms with Gasteiger partial charge in [-0.1, -0.05) is 87.4 Å². The van der Waals surface area contributed by atoms with Crippen LogP contribution in [0.15, 0.2) is 60.7 Å². The van der Waals surface area contributed by atoms with Crippen LogP contribution in [-0.4, -0.2) is 35.8 Å². The van der Waals surface area contributed by atoms with Crippen LogP contribution in [0.25, 0.3) is 0 Å². The lowest BCUT2D eigenvalue weighted by atomic mass is 9.96. The standard InChI is InChI=1S/C27H38O5Si/c1-26(2,3)32-24(28)20-21(25(29)30)14-12-13-19-27(4,5)33(31,22-15-8-6-9-16-22)23-17-10-7-11-18-23/h6-11,15-18,21,31H,12-14,19-20H2,1-5H3,(H,29,30)/t21-/m0/s1. The summed E-state index contributed by atoms with van der Waals surface area (Å²) in [6, 6.07) is 19.7. The number of carboxylic acids is 1. The molecule has 0 unspecified atom stereocenters. The molecule has 0 spiro atoms. The highest BCUT2D eigenvalue weighted by Crippen LogP contribution is 2.40. The molecule has 0 amide bonds. The van der Waals surface area contributed by atoms with Crippen molar-refractivity contribution in [3.63, 3.8) is 0 Å². The quantitative estimate of drug-likeness (QED) is 0.287. The number of aliphatic carboxylic acids is 1. The summed E-state index contributed by atoms with van der Waals surface area (Å²) < 4.78 is 5.29. The zero-order valence-electron chi connectivity index (χ0n) is 20.5. The number of carbonyl (C=O) groups excluding carboxylic acids is 1. The fourth-order valence-corrected chi connectivity index (χ4v) is 8.13. The Labute approximate surface area is 198 Å². The topological polar surface area (TPSA) is 83.8 Å². The largest absolute Gasteiger partial charge is 0.481 e. The van der Waals surface area contributed by atoms with Crippen LogP contribution < -0.4 is 10.4 Å². The highest BCUT2D eigenvalue weighted by atomic mass is 28.4. The number of hydrogen-bond donors (Lipinski definition) is 2. The van der Waals surface area contributed by atoms with Crippen molar-refractivity contribution in [2.24, 2.45) is 5.92 Å². The van der Waals surface area contributed by atoms with Crippen LogP contribution in [0.2, 0.25) is 5.04 Å². The van der Waals surface area contributed by atoms with Crippen molar-refractivity contribution < 1.29 is 24.2 Å². The number of esters is 1. The van der Waals surface area contributed by atoms with E-state index in [1.165, 1.54) is 0 Å². The number of carboxylic acid groups (broad SMARTS) is 1. The maximum atomic E-state index is 12.2. The Morgan fingerprint density at radius 3 is 1.79 bits per heavy atom. The lowest BCUT2D eigenvalue weighted by Crippen LogP contribution is -2.65. The van der Waals surface area contributed by atoms with Crippen molar-refractivity contribution in [2.75, 3.05) is 0 Å². The Hall–Kier alpha value is -2.44. The predicted octanol–water partition coefficient (Wildman–Crippen LogP) is 4.51. The summed E-state index contributed by atoms with van der Waals surface area (Å²) in [5, 5.41) is 11.1. The van der Waals surface area contributed by atoms with Crippen molar-refractivity contribution in [2.45, 2.75) is 77.4 Å². The third kappa shape index (κ3) is 7.27. The molecule has 0 bridgehead atoms. The van der Waals surface area contributed by atoms with E-state index in [9.17, 15) is 19.5 Å². The summed E-state index contributed by atoms with van der Waals surface area (Å²) in [6.45, 7) is 9.52. The molecule has 5 nitrogen and oxygen atoms in total. The van der Waals surface area contributed by atoms with Crippen LogP contribution >= 0.6 is 0 Å². The molecule has 6 heteroatoms. The minimum absolute atomic E-state index is 0.122. The van der Waals surface area contributed by atoms with Crippen LogP contribution in [0, 0.1) is 5.92 Å². The molecule has 33 heavy (non-hydrogen) atoms. The third-order valence-electron chi connectivity index (χ3n) is 6.15. The van der Waals surface area contributed by atoms with E-state index in [1.54, 1.807) is 20.8 Å². The smallest absolute Gasteiger partial charge is 0.307 e. The van der Waals surface area contributed by atoms with E-state index in [1.807, 2.05) is 60.7 Å². The van der Waals surface area contributed by atoms with Crippen molar-refractivity contribution in [3.8, 4) is 0 Å². The van der Waals surface area contributed by atoms with Gasteiger partial charge >= 0.3 is 11.9 Å². The second kappa shape index (κ2) is 11.1. The lowest BCUT2D eigenvalue weighted by Gasteiger charge is -2.41. The Kier molecular flexibility index (Phi) is 9.03. The number of benzene rings is 2. The van der Waals surface area contributed by atoms with Crippen LogP contribution in [0.4, 0.5) is 0 Å². The maximum absolute atomic E-state index is 12.2. The average molecular weight is 471 g/mol. The third-order valence-corrected chi connectivity index (χ3v) is 10.7. The number of hydrogen-bond acceptors (Lipinski definition) is 4. The molecule has 0 heterocycles. The molecular formula is C27H38O5Si. The molecule has 0 aliphatic carbocycles. The van der Waals surface area contributed by atoms with E-state index < -0.39 is 31.8 Å². The van der Waals surface area contributed by atoms with Gasteiger partial charge in [0.1, 0.15) is 5.60 Å². The van der Waals surface area contributed by atoms with Gasteiger partial charge in [-0.3, -0.25) is 9.59 Å². The normalized spacial score (nSPS) is 13.4. The minimum atomic E-state index is -3.07. The summed E-state index contributed by atoms with van der Waals surface area (Å²) in [7, 11) is -3.07. The first-order chi connectivity index (χ1) is 15.4. The van der Waals surface area contributed by atoms with Crippen LogP contribution in [0.5, 0.6) is 0 Å². The molecule has 0 aliphatic rings. The van der Waals surface area contributed by atoms with E-state index in [4.69, 9.17) is 4.74 Å². The molecule has 0 fully saturated rings. The Balaban J connectivity index is 2.08. The molecule has 0 radical (unpaired) electrons. The zero-order valence-corrected chi connectivity index (χ0v) is 21.5. The SMILES string of the molecule is CC(C)(C)OC(=O)C[C@H](CCCCC(C)(C)[Si](O)(c1ccccc1)c1ccccc1)C(=O)O. The molecule has 0 aliphatic heterocycles. The Morgan fingerprint density at radius 1 is 0.879 bits per heavy atom. The Morgan fingerprint density at radius 2 is 1.36 bits per heavy atom. The molecule has 2 aromatic rings. The Bertz CT molecular complexity index is 864. The molecule has 2 N–H and O–H groups in total. The van der Waals surface area contributed by atoms with Crippen LogP contribution in [0.3, 0.4) is 0 Å². The van der Waals surface area contributed by atoms with Gasteiger partial charge in [0.2, 0.25) is 0 Å². The minimum Gasteiger partial charge on any atom is -0.481 e. The van der Waals surface area contributed by atoms with Gasteiger partial charge in [0.15, 0.2) is 0 Å². The second-order valence-electron chi connectivity index (χ2n) is 10.4. The van der Waals surface area contributed by atoms with E-state index in [-0.39, 0.29) is 11.5 Å². The van der Waals surface area contributed by atoms with Gasteiger partial charge in [0.05, 0.1) is 12.3 Å². The lowest BCUT2D eigenvalue weighted by molar-refractivity contribution is -0.160. The monoisotopic (exact) mass is 470 g/mol. The molecule has 2 aromatic carbocycles. The molecule has 0 saturated heterocycles. The predicted molar refractivity (Wildman–Crippen MR) is 134 cm³/mol. The number of ether oxygens (including phenoxy) is 1. The zero-order chi connectivity index (χ0) is 24.7. The number of unbranched alkanes of at least 4 members (excludes halogenated alkanes) is 1. The summed E-state index contributed by atoms with van der Waals surface area (Å²) in [4.78, 5) is 36.0. The molecular weight excluding hydrogens is 432 g/mol. The van der Waals surface area contributed by atoms with E-state index in [0.717, 1.165) is 23.2 Å². The molecule has 1 atom stereocenters. The highest BCUT2D eigenvalue weighted by Gasteiger charge is 2.49. The fraction of sp³-hybridized carbons (Fsp3) is 0.481. The van der Waals surface area contributed by atoms with E-state index in [0.29, 0.717) is 12.8 Å². The van der Waals surface area contributed by atoms with Gasteiger partial charge in [-0.15, -0.1) is 0 Å². The summed E-state index contributed by atoms with van der Waals surface area (Å²) in [6.07, 6.45) is 2.46. The average Bonchev–Trinajstić information content (AvgIpc) is 2.75. The summed E-state index contributed by atoms with van der Waals surface area (Å²) >= 11 is 0. The van der Waals surface area contributed by atoms with Gasteiger partial charge in [-0.2, -0.15) is 0 Å². The van der Waals surface area contributed by atoms with Gasteiger partial charge < -0.3 is 14.6 Å². The first-order valence-electron chi connectivity index (χ1n) is 11.6. The van der Waals surface area contributed by atoms with Gasteiger partial charge in [-0.05, 0) is 49.0 Å². The highest BCUT2D eigenvalue weighted by molar-refractivity contribution is 6.98. The molecule has 0 aromatic heterocycles. The molecule has 2 rings (SSSR count). The second-order valence-corrected chi connectivity index (χ2v) is 14.3. The maximum Gasteiger partial charge on any atom is 0.307 e. The van der Waals surface area contributed by atoms with Crippen molar-refractivity contribution in [1.29, 1.82) is 0 Å². The van der Waals surface area contributed by atoms with Crippen molar-refractivity contribution in [1.82, 2.24) is 0 Å². The number of rotatable bonds is 11. The van der Waals surface area contributed by atoms with Crippen LogP contribution in [0.1, 0.15) is 66.7 Å². The van der Waals surface area contributed by atoms with Gasteiger partial charge in [-0.25, -0.2) is 0 Å². The fourth-order valence-electron chi connectivity index (χ4n) is 4.34. The summed E-state index contributed by atoms with van der Waals surface area (Å²) in [5.41, 5.74) is -0.631. The number of carbonyl (C=O) groups is 2. The van der Waals surface area contributed by atoms with E-state index in [2.05, 4.69) is 13.8 Å².